The summed E-state index contributed by atoms with van der Waals surface area (Å²) < 4.78 is 1.71. The van der Waals surface area contributed by atoms with E-state index < -0.39 is 0 Å². The van der Waals surface area contributed by atoms with Crippen LogP contribution < -0.4 is 15.5 Å². The highest BCUT2D eigenvalue weighted by Gasteiger charge is 2.10. The second-order valence-electron chi connectivity index (χ2n) is 5.66. The number of nitrogens with zero attached hydrogens (tertiary/aromatic N) is 4. The van der Waals surface area contributed by atoms with E-state index in [1.54, 1.807) is 17.1 Å². The van der Waals surface area contributed by atoms with Gasteiger partial charge in [-0.15, -0.1) is 0 Å². The molecule has 2 aromatic heterocycles. The Morgan fingerprint density at radius 2 is 1.96 bits per heavy atom. The van der Waals surface area contributed by atoms with Crippen LogP contribution in [0.1, 0.15) is 5.56 Å². The molecule has 0 aliphatic rings. The Morgan fingerprint density at radius 3 is 2.72 bits per heavy atom. The number of amides is 2. The summed E-state index contributed by atoms with van der Waals surface area (Å²) in [4.78, 5) is 18.6. The van der Waals surface area contributed by atoms with Crippen molar-refractivity contribution < 1.29 is 4.79 Å². The van der Waals surface area contributed by atoms with Gasteiger partial charge < -0.3 is 15.5 Å². The molecule has 2 N–H and O–H groups in total. The van der Waals surface area contributed by atoms with Crippen LogP contribution in [-0.4, -0.2) is 34.9 Å². The van der Waals surface area contributed by atoms with Gasteiger partial charge in [0.2, 0.25) is 0 Å². The van der Waals surface area contributed by atoms with Crippen LogP contribution in [-0.2, 0) is 6.54 Å². The van der Waals surface area contributed by atoms with Crippen molar-refractivity contribution in [3.63, 3.8) is 0 Å². The van der Waals surface area contributed by atoms with Gasteiger partial charge in [-0.1, -0.05) is 18.2 Å². The van der Waals surface area contributed by atoms with Crippen molar-refractivity contribution in [3.05, 3.63) is 66.6 Å². The molecule has 2 amide bonds. The third kappa shape index (κ3) is 3.95. The van der Waals surface area contributed by atoms with Gasteiger partial charge in [-0.05, 0) is 24.3 Å². The first-order valence-corrected chi connectivity index (χ1v) is 7.90. The minimum atomic E-state index is -0.284. The molecule has 1 aromatic carbocycles. The van der Waals surface area contributed by atoms with Crippen molar-refractivity contribution in [2.75, 3.05) is 24.3 Å². The first-order chi connectivity index (χ1) is 12.1. The first kappa shape index (κ1) is 16.5. The number of hydrogen-bond acceptors (Lipinski definition) is 4. The molecule has 0 saturated carbocycles. The van der Waals surface area contributed by atoms with Crippen LogP contribution in [0.4, 0.5) is 16.3 Å². The summed E-state index contributed by atoms with van der Waals surface area (Å²) in [5.41, 5.74) is 2.43. The van der Waals surface area contributed by atoms with Gasteiger partial charge in [0.1, 0.15) is 5.82 Å². The van der Waals surface area contributed by atoms with E-state index in [2.05, 4.69) is 20.7 Å². The number of carbonyl (C=O) groups is 1. The summed E-state index contributed by atoms with van der Waals surface area (Å²) in [5, 5.41) is 9.95. The molecule has 0 atom stereocenters. The Balaban J connectivity index is 1.69. The van der Waals surface area contributed by atoms with E-state index in [-0.39, 0.29) is 6.03 Å². The van der Waals surface area contributed by atoms with Crippen molar-refractivity contribution >= 4 is 17.5 Å². The molecule has 0 aliphatic carbocycles. The lowest BCUT2D eigenvalue weighted by molar-refractivity contribution is 0.251. The zero-order chi connectivity index (χ0) is 17.6. The maximum Gasteiger partial charge on any atom is 0.319 e. The van der Waals surface area contributed by atoms with Gasteiger partial charge in [-0.2, -0.15) is 5.10 Å². The van der Waals surface area contributed by atoms with E-state index in [9.17, 15) is 4.79 Å². The van der Waals surface area contributed by atoms with Crippen molar-refractivity contribution in [2.24, 2.45) is 0 Å². The Labute approximate surface area is 146 Å². The molecule has 0 bridgehead atoms. The van der Waals surface area contributed by atoms with Gasteiger partial charge in [0.25, 0.3) is 0 Å². The topological polar surface area (TPSA) is 75.1 Å². The normalized spacial score (nSPS) is 10.3. The van der Waals surface area contributed by atoms with E-state index in [0.717, 1.165) is 17.1 Å². The average molecular weight is 336 g/mol. The van der Waals surface area contributed by atoms with Crippen LogP contribution in [0.15, 0.2) is 61.1 Å². The second-order valence-corrected chi connectivity index (χ2v) is 5.66. The molecular formula is C18H20N6O. The predicted octanol–water partition coefficient (Wildman–Crippen LogP) is 2.66. The zero-order valence-electron chi connectivity index (χ0n) is 14.2. The highest BCUT2D eigenvalue weighted by Crippen LogP contribution is 2.19. The van der Waals surface area contributed by atoms with Gasteiger partial charge in [-0.3, -0.25) is 0 Å². The van der Waals surface area contributed by atoms with Crippen molar-refractivity contribution in [1.29, 1.82) is 0 Å². The molecule has 0 aliphatic heterocycles. The van der Waals surface area contributed by atoms with Crippen LogP contribution in [0.5, 0.6) is 0 Å². The van der Waals surface area contributed by atoms with E-state index in [4.69, 9.17) is 0 Å². The average Bonchev–Trinajstić information content (AvgIpc) is 3.15. The molecule has 128 valence electrons. The standard InChI is InChI=1S/C18H20N6O/c1-23(2)17-14(7-5-10-19-17)13-20-18(25)22-15-8-3-4-9-16(15)24-12-6-11-21-24/h3-12H,13H2,1-2H3,(H2,20,22,25). The number of rotatable bonds is 5. The number of para-hydroxylation sites is 2. The maximum absolute atomic E-state index is 12.3. The fraction of sp³-hybridized carbons (Fsp3) is 0.167. The number of pyridine rings is 1. The number of aromatic nitrogens is 3. The maximum atomic E-state index is 12.3. The number of carbonyl (C=O) groups excluding carboxylic acids is 1. The minimum Gasteiger partial charge on any atom is -0.362 e. The van der Waals surface area contributed by atoms with E-state index in [0.29, 0.717) is 12.2 Å². The largest absolute Gasteiger partial charge is 0.362 e. The lowest BCUT2D eigenvalue weighted by Crippen LogP contribution is -2.29. The summed E-state index contributed by atoms with van der Waals surface area (Å²) in [6.07, 6.45) is 5.26. The van der Waals surface area contributed by atoms with Crippen molar-refractivity contribution in [1.82, 2.24) is 20.1 Å². The molecule has 0 radical (unpaired) electrons. The molecule has 3 rings (SSSR count). The molecular weight excluding hydrogens is 316 g/mol. The first-order valence-electron chi connectivity index (χ1n) is 7.90. The van der Waals surface area contributed by atoms with Crippen molar-refractivity contribution in [2.45, 2.75) is 6.54 Å². The molecule has 0 unspecified atom stereocenters. The number of nitrogens with one attached hydrogen (secondary N) is 2. The van der Waals surface area contributed by atoms with Gasteiger partial charge in [0, 0.05) is 44.8 Å². The van der Waals surface area contributed by atoms with Crippen LogP contribution in [0, 0.1) is 0 Å². The van der Waals surface area contributed by atoms with Gasteiger partial charge in [0.15, 0.2) is 0 Å². The molecule has 7 nitrogen and oxygen atoms in total. The van der Waals surface area contributed by atoms with Crippen LogP contribution in [0.3, 0.4) is 0 Å². The molecule has 0 fully saturated rings. The number of urea groups is 1. The van der Waals surface area contributed by atoms with E-state index >= 15 is 0 Å². The summed E-state index contributed by atoms with van der Waals surface area (Å²) >= 11 is 0. The Hall–Kier alpha value is -3.35. The summed E-state index contributed by atoms with van der Waals surface area (Å²) in [6.45, 7) is 0.386. The lowest BCUT2D eigenvalue weighted by Gasteiger charge is -2.16. The number of hydrogen-bond donors (Lipinski definition) is 2. The molecule has 7 heteroatoms. The number of benzene rings is 1. The molecule has 0 spiro atoms. The third-order valence-corrected chi connectivity index (χ3v) is 3.63. The third-order valence-electron chi connectivity index (χ3n) is 3.63. The van der Waals surface area contributed by atoms with Gasteiger partial charge >= 0.3 is 6.03 Å². The van der Waals surface area contributed by atoms with Crippen LogP contribution in [0.2, 0.25) is 0 Å². The van der Waals surface area contributed by atoms with E-state index in [1.807, 2.05) is 67.7 Å². The van der Waals surface area contributed by atoms with Gasteiger partial charge in [-0.25, -0.2) is 14.5 Å². The summed E-state index contributed by atoms with van der Waals surface area (Å²) in [7, 11) is 3.85. The van der Waals surface area contributed by atoms with Crippen molar-refractivity contribution in [3.8, 4) is 5.69 Å². The molecule has 25 heavy (non-hydrogen) atoms. The Morgan fingerprint density at radius 1 is 1.12 bits per heavy atom. The number of anilines is 2. The smallest absolute Gasteiger partial charge is 0.319 e. The zero-order valence-corrected chi connectivity index (χ0v) is 14.2. The lowest BCUT2D eigenvalue weighted by atomic mass is 10.2. The summed E-state index contributed by atoms with van der Waals surface area (Å²) in [6, 6.07) is 12.9. The molecule has 2 heterocycles. The highest BCUT2D eigenvalue weighted by atomic mass is 16.2. The van der Waals surface area contributed by atoms with E-state index in [1.165, 1.54) is 0 Å². The Kier molecular flexibility index (Phi) is 4.94. The molecule has 3 aromatic rings. The summed E-state index contributed by atoms with van der Waals surface area (Å²) in [5.74, 6) is 0.833. The fourth-order valence-corrected chi connectivity index (χ4v) is 2.50. The van der Waals surface area contributed by atoms with Gasteiger partial charge in [0.05, 0.1) is 11.4 Å². The van der Waals surface area contributed by atoms with Crippen LogP contribution >= 0.6 is 0 Å². The highest BCUT2D eigenvalue weighted by molar-refractivity contribution is 5.91. The SMILES string of the molecule is CN(C)c1ncccc1CNC(=O)Nc1ccccc1-n1cccn1. The molecule has 0 saturated heterocycles. The van der Waals surface area contributed by atoms with Crippen LogP contribution in [0.25, 0.3) is 5.69 Å². The Bertz CT molecular complexity index is 844. The second kappa shape index (κ2) is 7.48. The quantitative estimate of drug-likeness (QED) is 0.751. The fourth-order valence-electron chi connectivity index (χ4n) is 2.50. The minimum absolute atomic E-state index is 0.284. The monoisotopic (exact) mass is 336 g/mol. The predicted molar refractivity (Wildman–Crippen MR) is 98.0 cm³/mol.